The molecule has 0 heterocycles. The Balaban J connectivity index is 5.49. The summed E-state index contributed by atoms with van der Waals surface area (Å²) in [5.74, 6) is -5.79. The number of amides is 4. The van der Waals surface area contributed by atoms with Gasteiger partial charge in [-0.25, -0.2) is 4.79 Å². The third-order valence-corrected chi connectivity index (χ3v) is 4.98. The monoisotopic (exact) mass is 491 g/mol. The van der Waals surface area contributed by atoms with Crippen LogP contribution in [-0.4, -0.2) is 82.0 Å². The summed E-state index contributed by atoms with van der Waals surface area (Å²) in [5, 5.41) is 25.3. The van der Waals surface area contributed by atoms with Crippen molar-refractivity contribution in [2.75, 3.05) is 12.0 Å². The molecular weight excluding hydrogens is 458 g/mol. The molecule has 0 aliphatic carbocycles. The van der Waals surface area contributed by atoms with E-state index in [-0.39, 0.29) is 18.8 Å². The number of carboxylic acids is 2. The van der Waals surface area contributed by atoms with Crippen LogP contribution < -0.4 is 27.4 Å². The fourth-order valence-corrected chi connectivity index (χ4v) is 3.19. The minimum absolute atomic E-state index is 0.0228. The highest BCUT2D eigenvalue weighted by molar-refractivity contribution is 7.98. The Hall–Kier alpha value is -2.87. The molecule has 14 heteroatoms. The smallest absolute Gasteiger partial charge is 0.326 e. The van der Waals surface area contributed by atoms with Crippen LogP contribution in [0.15, 0.2) is 0 Å². The van der Waals surface area contributed by atoms with Crippen molar-refractivity contribution in [2.24, 2.45) is 17.4 Å². The second kappa shape index (κ2) is 15.1. The van der Waals surface area contributed by atoms with Crippen LogP contribution in [0, 0.1) is 5.92 Å². The van der Waals surface area contributed by atoms with Crippen LogP contribution >= 0.6 is 11.8 Å². The highest BCUT2D eigenvalue weighted by atomic mass is 32.2. The normalized spacial score (nSPS) is 14.5. The zero-order valence-corrected chi connectivity index (χ0v) is 19.6. The van der Waals surface area contributed by atoms with Crippen LogP contribution in [0.3, 0.4) is 0 Å². The van der Waals surface area contributed by atoms with E-state index >= 15 is 0 Å². The van der Waals surface area contributed by atoms with E-state index in [0.717, 1.165) is 0 Å². The lowest BCUT2D eigenvalue weighted by Gasteiger charge is -2.25. The van der Waals surface area contributed by atoms with Gasteiger partial charge in [0.25, 0.3) is 0 Å². The second-order valence-corrected chi connectivity index (χ2v) is 8.79. The third-order valence-electron chi connectivity index (χ3n) is 4.33. The first-order chi connectivity index (χ1) is 15.3. The van der Waals surface area contributed by atoms with Gasteiger partial charge < -0.3 is 37.6 Å². The first-order valence-electron chi connectivity index (χ1n) is 10.2. The molecule has 9 N–H and O–H groups in total. The standard InChI is InChI=1S/C19H33N5O8S/c1-9(2)6-13(19(31)32)24-17(29)11(4-5-33-3)22-18(30)12(8-15(26)27)23-16(28)10(20)7-14(21)25/h9-13H,4-8,20H2,1-3H3,(H2,21,25)(H,22,30)(H,23,28)(H,24,29)(H,26,27)(H,31,32). The summed E-state index contributed by atoms with van der Waals surface area (Å²) >= 11 is 1.38. The SMILES string of the molecule is CSCCC(NC(=O)C(CC(=O)O)NC(=O)C(N)CC(N)=O)C(=O)NC(CC(C)C)C(=O)O. The predicted octanol–water partition coefficient (Wildman–Crippen LogP) is -2.00. The van der Waals surface area contributed by atoms with Gasteiger partial charge in [0, 0.05) is 0 Å². The molecule has 0 radical (unpaired) electrons. The number of primary amides is 1. The van der Waals surface area contributed by atoms with Gasteiger partial charge in [0.15, 0.2) is 0 Å². The fraction of sp³-hybridized carbons (Fsp3) is 0.684. The highest BCUT2D eigenvalue weighted by Gasteiger charge is 2.31. The van der Waals surface area contributed by atoms with Crippen molar-refractivity contribution in [2.45, 2.75) is 63.7 Å². The van der Waals surface area contributed by atoms with E-state index in [1.807, 2.05) is 0 Å². The van der Waals surface area contributed by atoms with Crippen molar-refractivity contribution < 1.29 is 39.0 Å². The van der Waals surface area contributed by atoms with Crippen molar-refractivity contribution in [1.29, 1.82) is 0 Å². The van der Waals surface area contributed by atoms with Gasteiger partial charge in [0.2, 0.25) is 23.6 Å². The number of carboxylic acid groups (broad SMARTS) is 2. The Labute approximate surface area is 195 Å². The zero-order valence-electron chi connectivity index (χ0n) is 18.8. The van der Waals surface area contributed by atoms with Gasteiger partial charge in [-0.15, -0.1) is 0 Å². The second-order valence-electron chi connectivity index (χ2n) is 7.81. The molecule has 0 rings (SSSR count). The molecule has 0 bridgehead atoms. The largest absolute Gasteiger partial charge is 0.481 e. The maximum absolute atomic E-state index is 12.7. The molecule has 0 spiro atoms. The third kappa shape index (κ3) is 12.7. The van der Waals surface area contributed by atoms with E-state index in [1.54, 1.807) is 20.1 Å². The van der Waals surface area contributed by atoms with E-state index in [9.17, 15) is 33.9 Å². The first kappa shape index (κ1) is 30.1. The van der Waals surface area contributed by atoms with Crippen molar-refractivity contribution in [3.8, 4) is 0 Å². The van der Waals surface area contributed by atoms with Crippen LogP contribution in [0.4, 0.5) is 0 Å². The van der Waals surface area contributed by atoms with Crippen LogP contribution in [0.5, 0.6) is 0 Å². The van der Waals surface area contributed by atoms with Crippen molar-refractivity contribution >= 4 is 47.3 Å². The summed E-state index contributed by atoms with van der Waals surface area (Å²) < 4.78 is 0. The van der Waals surface area contributed by atoms with Gasteiger partial charge in [-0.05, 0) is 30.8 Å². The Bertz CT molecular complexity index is 733. The molecule has 0 saturated heterocycles. The molecule has 0 aliphatic heterocycles. The van der Waals surface area contributed by atoms with Crippen molar-refractivity contribution in [3.05, 3.63) is 0 Å². The molecule has 0 saturated carbocycles. The number of rotatable bonds is 16. The number of hydrogen-bond acceptors (Lipinski definition) is 8. The first-order valence-corrected chi connectivity index (χ1v) is 11.6. The van der Waals surface area contributed by atoms with Crippen LogP contribution in [0.2, 0.25) is 0 Å². The maximum atomic E-state index is 12.7. The van der Waals surface area contributed by atoms with E-state index in [4.69, 9.17) is 16.6 Å². The molecule has 0 aromatic heterocycles. The fourth-order valence-electron chi connectivity index (χ4n) is 2.71. The van der Waals surface area contributed by atoms with Gasteiger partial charge in [0.05, 0.1) is 18.9 Å². The summed E-state index contributed by atoms with van der Waals surface area (Å²) in [6.45, 7) is 3.58. The molecule has 4 unspecified atom stereocenters. The Kier molecular flexibility index (Phi) is 13.7. The minimum atomic E-state index is -1.59. The quantitative estimate of drug-likeness (QED) is 0.125. The number of nitrogens with two attached hydrogens (primary N) is 2. The summed E-state index contributed by atoms with van der Waals surface area (Å²) in [7, 11) is 0. The Morgan fingerprint density at radius 3 is 1.82 bits per heavy atom. The van der Waals surface area contributed by atoms with Crippen LogP contribution in [0.1, 0.15) is 39.5 Å². The number of thioether (sulfide) groups is 1. The lowest BCUT2D eigenvalue weighted by molar-refractivity contribution is -0.143. The van der Waals surface area contributed by atoms with E-state index in [2.05, 4.69) is 16.0 Å². The molecule has 33 heavy (non-hydrogen) atoms. The molecule has 0 aromatic carbocycles. The lowest BCUT2D eigenvalue weighted by Crippen LogP contribution is -2.57. The molecule has 4 amide bonds. The van der Waals surface area contributed by atoms with E-state index in [1.165, 1.54) is 11.8 Å². The summed E-state index contributed by atoms with van der Waals surface area (Å²) in [6.07, 6.45) is 0.728. The van der Waals surface area contributed by atoms with Crippen molar-refractivity contribution in [1.82, 2.24) is 16.0 Å². The van der Waals surface area contributed by atoms with E-state index in [0.29, 0.717) is 5.75 Å². The lowest BCUT2D eigenvalue weighted by atomic mass is 10.0. The van der Waals surface area contributed by atoms with Crippen molar-refractivity contribution in [3.63, 3.8) is 0 Å². The van der Waals surface area contributed by atoms with Gasteiger partial charge in [-0.3, -0.25) is 24.0 Å². The number of aliphatic carboxylic acids is 2. The average molecular weight is 492 g/mol. The summed E-state index contributed by atoms with van der Waals surface area (Å²) in [5.41, 5.74) is 10.5. The molecule has 0 fully saturated rings. The summed E-state index contributed by atoms with van der Waals surface area (Å²) in [4.78, 5) is 71.1. The van der Waals surface area contributed by atoms with Crippen LogP contribution in [-0.2, 0) is 28.8 Å². The zero-order chi connectivity index (χ0) is 25.7. The Morgan fingerprint density at radius 1 is 0.848 bits per heavy atom. The van der Waals surface area contributed by atoms with Gasteiger partial charge in [-0.1, -0.05) is 13.8 Å². The van der Waals surface area contributed by atoms with Gasteiger partial charge in [-0.2, -0.15) is 11.8 Å². The highest BCUT2D eigenvalue weighted by Crippen LogP contribution is 2.08. The number of carbonyl (C=O) groups excluding carboxylic acids is 4. The molecule has 188 valence electrons. The molecular formula is C19H33N5O8S. The molecule has 13 nitrogen and oxygen atoms in total. The molecule has 0 aliphatic rings. The Morgan fingerprint density at radius 2 is 1.36 bits per heavy atom. The number of nitrogens with one attached hydrogen (secondary N) is 3. The van der Waals surface area contributed by atoms with Crippen LogP contribution in [0.25, 0.3) is 0 Å². The van der Waals surface area contributed by atoms with Gasteiger partial charge >= 0.3 is 11.9 Å². The minimum Gasteiger partial charge on any atom is -0.481 e. The van der Waals surface area contributed by atoms with Gasteiger partial charge in [0.1, 0.15) is 18.1 Å². The topological polar surface area (TPSA) is 231 Å². The molecule has 4 atom stereocenters. The number of carbonyl (C=O) groups is 6. The maximum Gasteiger partial charge on any atom is 0.326 e. The average Bonchev–Trinajstić information content (AvgIpc) is 2.68. The molecule has 0 aromatic rings. The number of hydrogen-bond donors (Lipinski definition) is 7. The predicted molar refractivity (Wildman–Crippen MR) is 120 cm³/mol. The summed E-state index contributed by atoms with van der Waals surface area (Å²) in [6, 6.07) is -5.34. The van der Waals surface area contributed by atoms with E-state index < -0.39 is 72.6 Å².